The van der Waals surface area contributed by atoms with Gasteiger partial charge >= 0.3 is 0 Å². The molecular weight excluding hydrogens is 312 g/mol. The van der Waals surface area contributed by atoms with Crippen LogP contribution >= 0.6 is 12.4 Å². The quantitative estimate of drug-likeness (QED) is 0.835. The van der Waals surface area contributed by atoms with Crippen molar-refractivity contribution >= 4 is 18.3 Å². The average Bonchev–Trinajstić information content (AvgIpc) is 2.54. The van der Waals surface area contributed by atoms with Crippen LogP contribution in [0.5, 0.6) is 5.75 Å². The molecule has 0 bridgehead atoms. The van der Waals surface area contributed by atoms with Crippen LogP contribution < -0.4 is 15.4 Å². The summed E-state index contributed by atoms with van der Waals surface area (Å²) in [6.07, 6.45) is 2.76. The maximum absolute atomic E-state index is 12.6. The molecule has 1 aliphatic heterocycles. The van der Waals surface area contributed by atoms with Crippen molar-refractivity contribution in [2.75, 3.05) is 20.2 Å². The average molecular weight is 341 g/mol. The number of ether oxygens (including phenoxy) is 1. The number of methoxy groups -OCH3 is 1. The van der Waals surface area contributed by atoms with Gasteiger partial charge in [0.15, 0.2) is 0 Å². The molecule has 1 aliphatic rings. The van der Waals surface area contributed by atoms with Gasteiger partial charge < -0.3 is 15.4 Å². The third kappa shape index (κ3) is 5.70. The topological polar surface area (TPSA) is 50.4 Å². The maximum Gasteiger partial charge on any atom is 0.223 e. The minimum absolute atomic E-state index is 0. The highest BCUT2D eigenvalue weighted by Crippen LogP contribution is 2.30. The van der Waals surface area contributed by atoms with Crippen molar-refractivity contribution in [3.63, 3.8) is 0 Å². The minimum atomic E-state index is 0. The molecule has 5 heteroatoms. The van der Waals surface area contributed by atoms with E-state index in [0.29, 0.717) is 5.92 Å². The largest absolute Gasteiger partial charge is 0.496 e. The molecule has 1 saturated heterocycles. The fourth-order valence-corrected chi connectivity index (χ4v) is 3.06. The number of benzene rings is 1. The van der Waals surface area contributed by atoms with Crippen molar-refractivity contribution in [2.45, 2.75) is 39.2 Å². The number of para-hydroxylation sites is 1. The Balaban J connectivity index is 0.00000264. The van der Waals surface area contributed by atoms with Gasteiger partial charge in [-0.25, -0.2) is 0 Å². The summed E-state index contributed by atoms with van der Waals surface area (Å²) in [5.74, 6) is 1.66. The van der Waals surface area contributed by atoms with Crippen molar-refractivity contribution in [3.8, 4) is 5.75 Å². The number of hydrogen-bond acceptors (Lipinski definition) is 3. The summed E-state index contributed by atoms with van der Waals surface area (Å²) in [5.41, 5.74) is 1.07. The second-order valence-electron chi connectivity index (χ2n) is 6.46. The van der Waals surface area contributed by atoms with Crippen LogP contribution in [0.3, 0.4) is 0 Å². The fraction of sp³-hybridized carbons (Fsp3) is 0.611. The molecule has 0 aromatic heterocycles. The second-order valence-corrected chi connectivity index (χ2v) is 6.46. The monoisotopic (exact) mass is 340 g/mol. The lowest BCUT2D eigenvalue weighted by molar-refractivity contribution is -0.126. The Kier molecular flexibility index (Phi) is 8.42. The Morgan fingerprint density at radius 2 is 1.96 bits per heavy atom. The molecule has 1 aromatic rings. The zero-order valence-corrected chi connectivity index (χ0v) is 15.1. The number of piperidine rings is 1. The predicted octanol–water partition coefficient (Wildman–Crippen LogP) is 3.32. The van der Waals surface area contributed by atoms with E-state index >= 15 is 0 Å². The van der Waals surface area contributed by atoms with E-state index in [2.05, 4.69) is 30.5 Å². The predicted molar refractivity (Wildman–Crippen MR) is 96.2 cm³/mol. The van der Waals surface area contributed by atoms with Crippen LogP contribution in [0.1, 0.15) is 44.7 Å². The Labute approximate surface area is 145 Å². The van der Waals surface area contributed by atoms with E-state index in [1.165, 1.54) is 0 Å². The van der Waals surface area contributed by atoms with Crippen molar-refractivity contribution < 1.29 is 9.53 Å². The molecule has 130 valence electrons. The molecule has 0 radical (unpaired) electrons. The minimum Gasteiger partial charge on any atom is -0.496 e. The van der Waals surface area contributed by atoms with Gasteiger partial charge in [-0.15, -0.1) is 12.4 Å². The number of carbonyl (C=O) groups is 1. The van der Waals surface area contributed by atoms with Gasteiger partial charge in [-0.3, -0.25) is 4.79 Å². The molecular formula is C18H29ClN2O2. The van der Waals surface area contributed by atoms with Crippen LogP contribution in [0.25, 0.3) is 0 Å². The maximum atomic E-state index is 12.6. The fourth-order valence-electron chi connectivity index (χ4n) is 3.06. The summed E-state index contributed by atoms with van der Waals surface area (Å²) >= 11 is 0. The molecule has 0 spiro atoms. The lowest BCUT2D eigenvalue weighted by atomic mass is 9.93. The second kappa shape index (κ2) is 9.78. The molecule has 1 amide bonds. The third-order valence-corrected chi connectivity index (χ3v) is 4.25. The van der Waals surface area contributed by atoms with Crippen LogP contribution in [-0.4, -0.2) is 26.1 Å². The van der Waals surface area contributed by atoms with Crippen LogP contribution in [0.2, 0.25) is 0 Å². The Bertz CT molecular complexity index is 488. The smallest absolute Gasteiger partial charge is 0.223 e. The molecule has 1 atom stereocenters. The molecule has 2 rings (SSSR count). The summed E-state index contributed by atoms with van der Waals surface area (Å²) in [5, 5.41) is 6.57. The number of rotatable bonds is 6. The van der Waals surface area contributed by atoms with Crippen molar-refractivity contribution in [3.05, 3.63) is 29.8 Å². The molecule has 2 N–H and O–H groups in total. The Morgan fingerprint density at radius 3 is 2.57 bits per heavy atom. The molecule has 1 heterocycles. The van der Waals surface area contributed by atoms with Crippen LogP contribution in [0.4, 0.5) is 0 Å². The standard InChI is InChI=1S/C18H28N2O2.ClH/c1-13(2)12-16(15-6-4-5-7-17(15)22-3)20-18(21)14-8-10-19-11-9-14;/h4-7,13-14,16,19H,8-12H2,1-3H3,(H,20,21);1H. The highest BCUT2D eigenvalue weighted by molar-refractivity contribution is 5.85. The van der Waals surface area contributed by atoms with E-state index < -0.39 is 0 Å². The van der Waals surface area contributed by atoms with Gasteiger partial charge in [0, 0.05) is 11.5 Å². The first-order valence-corrected chi connectivity index (χ1v) is 8.25. The van der Waals surface area contributed by atoms with Crippen LogP contribution in [0.15, 0.2) is 24.3 Å². The molecule has 23 heavy (non-hydrogen) atoms. The third-order valence-electron chi connectivity index (χ3n) is 4.25. The lowest BCUT2D eigenvalue weighted by Gasteiger charge is -2.27. The summed E-state index contributed by atoms with van der Waals surface area (Å²) in [7, 11) is 1.68. The molecule has 1 aromatic carbocycles. The number of amides is 1. The first-order valence-electron chi connectivity index (χ1n) is 8.25. The Morgan fingerprint density at radius 1 is 1.30 bits per heavy atom. The summed E-state index contributed by atoms with van der Waals surface area (Å²) in [6, 6.07) is 7.98. The summed E-state index contributed by atoms with van der Waals surface area (Å²) in [6.45, 7) is 6.22. The van der Waals surface area contributed by atoms with Gasteiger partial charge in [-0.05, 0) is 44.3 Å². The summed E-state index contributed by atoms with van der Waals surface area (Å²) < 4.78 is 5.47. The van der Waals surface area contributed by atoms with Crippen molar-refractivity contribution in [1.29, 1.82) is 0 Å². The SMILES string of the molecule is COc1ccccc1C(CC(C)C)NC(=O)C1CCNCC1.Cl. The highest BCUT2D eigenvalue weighted by Gasteiger charge is 2.25. The first-order chi connectivity index (χ1) is 10.6. The molecule has 4 nitrogen and oxygen atoms in total. The zero-order chi connectivity index (χ0) is 15.9. The van der Waals surface area contributed by atoms with Gasteiger partial charge in [-0.2, -0.15) is 0 Å². The van der Waals surface area contributed by atoms with E-state index in [9.17, 15) is 4.79 Å². The lowest BCUT2D eigenvalue weighted by Crippen LogP contribution is -2.40. The van der Waals surface area contributed by atoms with Crippen LogP contribution in [0, 0.1) is 11.8 Å². The number of nitrogens with one attached hydrogen (secondary N) is 2. The van der Waals surface area contributed by atoms with E-state index in [1.54, 1.807) is 7.11 Å². The summed E-state index contributed by atoms with van der Waals surface area (Å²) in [4.78, 5) is 12.6. The molecule has 1 unspecified atom stereocenters. The van der Waals surface area contributed by atoms with Crippen molar-refractivity contribution in [2.24, 2.45) is 11.8 Å². The van der Waals surface area contributed by atoms with Gasteiger partial charge in [0.05, 0.1) is 13.2 Å². The van der Waals surface area contributed by atoms with Gasteiger partial charge in [-0.1, -0.05) is 32.0 Å². The van der Waals surface area contributed by atoms with Gasteiger partial charge in [0.25, 0.3) is 0 Å². The van der Waals surface area contributed by atoms with E-state index in [-0.39, 0.29) is 30.3 Å². The van der Waals surface area contributed by atoms with Gasteiger partial charge in [0.1, 0.15) is 5.75 Å². The zero-order valence-electron chi connectivity index (χ0n) is 14.3. The van der Waals surface area contributed by atoms with Crippen molar-refractivity contribution in [1.82, 2.24) is 10.6 Å². The van der Waals surface area contributed by atoms with Crippen LogP contribution in [-0.2, 0) is 4.79 Å². The highest BCUT2D eigenvalue weighted by atomic mass is 35.5. The number of halogens is 1. The van der Waals surface area contributed by atoms with E-state index in [1.807, 2.05) is 18.2 Å². The number of carbonyl (C=O) groups excluding carboxylic acids is 1. The Hall–Kier alpha value is -1.26. The normalized spacial score (nSPS) is 16.5. The molecule has 1 fully saturated rings. The van der Waals surface area contributed by atoms with E-state index in [0.717, 1.165) is 43.7 Å². The van der Waals surface area contributed by atoms with E-state index in [4.69, 9.17) is 4.74 Å². The first kappa shape index (κ1) is 19.8. The molecule has 0 saturated carbocycles. The number of hydrogen-bond donors (Lipinski definition) is 2. The van der Waals surface area contributed by atoms with Gasteiger partial charge in [0.2, 0.25) is 5.91 Å². The molecule has 0 aliphatic carbocycles.